The van der Waals surface area contributed by atoms with Crippen LogP contribution in [0.3, 0.4) is 0 Å². The van der Waals surface area contributed by atoms with Crippen LogP contribution in [0.25, 0.3) is 0 Å². The van der Waals surface area contributed by atoms with Gasteiger partial charge in [-0.3, -0.25) is 0 Å². The number of benzene rings is 1. The molecule has 1 aromatic heterocycles. The molecule has 0 aliphatic rings. The highest BCUT2D eigenvalue weighted by Gasteiger charge is 2.24. The molecule has 0 fully saturated rings. The summed E-state index contributed by atoms with van der Waals surface area (Å²) in [6.07, 6.45) is 1.75. The number of rotatable bonds is 5. The molecule has 0 aliphatic heterocycles. The molecule has 1 aromatic carbocycles. The summed E-state index contributed by atoms with van der Waals surface area (Å²) in [4.78, 5) is 4.30. The van der Waals surface area contributed by atoms with Gasteiger partial charge in [0.15, 0.2) is 11.6 Å². The molecule has 2 aromatic rings. The number of nitrogens with two attached hydrogens (primary N) is 1. The quantitative estimate of drug-likeness (QED) is 0.827. The van der Waals surface area contributed by atoms with E-state index in [0.717, 1.165) is 5.01 Å². The number of nitrogen functional groups attached to an aromatic ring is 1. The van der Waals surface area contributed by atoms with Crippen LogP contribution in [-0.2, 0) is 5.54 Å². The van der Waals surface area contributed by atoms with E-state index in [1.807, 2.05) is 26.2 Å². The molecule has 0 unspecified atom stereocenters. The number of hydrogen-bond donors (Lipinski definition) is 2. The van der Waals surface area contributed by atoms with Crippen molar-refractivity contribution in [3.63, 3.8) is 0 Å². The van der Waals surface area contributed by atoms with Gasteiger partial charge in [-0.05, 0) is 20.8 Å². The second-order valence-electron chi connectivity index (χ2n) is 4.89. The van der Waals surface area contributed by atoms with Crippen LogP contribution in [0.15, 0.2) is 23.7 Å². The summed E-state index contributed by atoms with van der Waals surface area (Å²) < 4.78 is 18.9. The minimum absolute atomic E-state index is 0.194. The monoisotopic (exact) mass is 295 g/mol. The van der Waals surface area contributed by atoms with Crippen LogP contribution < -0.4 is 15.8 Å². The summed E-state index contributed by atoms with van der Waals surface area (Å²) in [5, 5.41) is 6.14. The van der Waals surface area contributed by atoms with Crippen LogP contribution in [0.4, 0.5) is 15.8 Å². The van der Waals surface area contributed by atoms with E-state index in [4.69, 9.17) is 10.5 Å². The maximum absolute atomic E-state index is 13.7. The first-order valence-electron chi connectivity index (χ1n) is 6.34. The lowest BCUT2D eigenvalue weighted by molar-refractivity contribution is 0.322. The van der Waals surface area contributed by atoms with Gasteiger partial charge in [0, 0.05) is 23.7 Å². The molecule has 0 saturated carbocycles. The highest BCUT2D eigenvalue weighted by Crippen LogP contribution is 2.33. The van der Waals surface area contributed by atoms with Gasteiger partial charge >= 0.3 is 0 Å². The Kier molecular flexibility index (Phi) is 4.13. The van der Waals surface area contributed by atoms with Crippen LogP contribution in [0.2, 0.25) is 0 Å². The predicted molar refractivity (Wildman–Crippen MR) is 80.7 cm³/mol. The molecular formula is C14H18FN3OS. The van der Waals surface area contributed by atoms with Crippen molar-refractivity contribution < 1.29 is 9.13 Å². The number of hydrogen-bond acceptors (Lipinski definition) is 5. The van der Waals surface area contributed by atoms with Crippen LogP contribution in [0.5, 0.6) is 5.75 Å². The molecule has 6 heteroatoms. The molecule has 0 amide bonds. The molecule has 108 valence electrons. The standard InChI is InChI=1S/C14H18FN3OS/c1-4-19-12-8-11(10(16)7-9(12)15)18-14(2,3)13-17-5-6-20-13/h5-8,18H,4,16H2,1-3H3. The van der Waals surface area contributed by atoms with Crippen LogP contribution >= 0.6 is 11.3 Å². The van der Waals surface area contributed by atoms with Crippen molar-refractivity contribution in [2.75, 3.05) is 17.7 Å². The predicted octanol–water partition coefficient (Wildman–Crippen LogP) is 3.61. The normalized spacial score (nSPS) is 11.4. The Morgan fingerprint density at radius 3 is 2.80 bits per heavy atom. The molecule has 4 nitrogen and oxygen atoms in total. The van der Waals surface area contributed by atoms with Crippen molar-refractivity contribution in [1.29, 1.82) is 0 Å². The molecule has 0 bridgehead atoms. The number of aromatic nitrogens is 1. The Balaban J connectivity index is 2.31. The zero-order valence-electron chi connectivity index (χ0n) is 11.7. The fourth-order valence-corrected chi connectivity index (χ4v) is 2.58. The number of anilines is 2. The van der Waals surface area contributed by atoms with E-state index in [1.165, 1.54) is 6.07 Å². The van der Waals surface area contributed by atoms with E-state index in [2.05, 4.69) is 10.3 Å². The smallest absolute Gasteiger partial charge is 0.167 e. The molecular weight excluding hydrogens is 277 g/mol. The molecule has 0 spiro atoms. The van der Waals surface area contributed by atoms with Gasteiger partial charge in [0.25, 0.3) is 0 Å². The number of nitrogens with zero attached hydrogens (tertiary/aromatic N) is 1. The fourth-order valence-electron chi connectivity index (χ4n) is 1.87. The second kappa shape index (κ2) is 5.66. The van der Waals surface area contributed by atoms with Gasteiger partial charge in [-0.15, -0.1) is 11.3 Å². The van der Waals surface area contributed by atoms with Gasteiger partial charge in [-0.25, -0.2) is 9.37 Å². The van der Waals surface area contributed by atoms with Crippen molar-refractivity contribution in [1.82, 2.24) is 4.98 Å². The molecule has 20 heavy (non-hydrogen) atoms. The van der Waals surface area contributed by atoms with Gasteiger partial charge in [-0.2, -0.15) is 0 Å². The SMILES string of the molecule is CCOc1cc(NC(C)(C)c2nccs2)c(N)cc1F. The lowest BCUT2D eigenvalue weighted by atomic mass is 10.1. The highest BCUT2D eigenvalue weighted by atomic mass is 32.1. The molecule has 0 aliphatic carbocycles. The van der Waals surface area contributed by atoms with Gasteiger partial charge < -0.3 is 15.8 Å². The summed E-state index contributed by atoms with van der Waals surface area (Å²) >= 11 is 1.55. The molecule has 1 heterocycles. The highest BCUT2D eigenvalue weighted by molar-refractivity contribution is 7.09. The third-order valence-electron chi connectivity index (χ3n) is 2.82. The van der Waals surface area contributed by atoms with E-state index in [1.54, 1.807) is 23.6 Å². The van der Waals surface area contributed by atoms with Gasteiger partial charge in [0.2, 0.25) is 0 Å². The zero-order valence-corrected chi connectivity index (χ0v) is 12.6. The first kappa shape index (κ1) is 14.6. The van der Waals surface area contributed by atoms with Crippen LogP contribution in [0.1, 0.15) is 25.8 Å². The number of nitrogens with one attached hydrogen (secondary N) is 1. The van der Waals surface area contributed by atoms with Crippen molar-refractivity contribution in [2.45, 2.75) is 26.3 Å². The maximum atomic E-state index is 13.7. The van der Waals surface area contributed by atoms with Gasteiger partial charge in [-0.1, -0.05) is 0 Å². The van der Waals surface area contributed by atoms with E-state index < -0.39 is 11.4 Å². The Hall–Kier alpha value is -1.82. The third kappa shape index (κ3) is 3.01. The second-order valence-corrected chi connectivity index (χ2v) is 5.78. The van der Waals surface area contributed by atoms with Crippen molar-refractivity contribution >= 4 is 22.7 Å². The van der Waals surface area contributed by atoms with E-state index in [9.17, 15) is 4.39 Å². The van der Waals surface area contributed by atoms with E-state index in [-0.39, 0.29) is 5.75 Å². The fraction of sp³-hybridized carbons (Fsp3) is 0.357. The van der Waals surface area contributed by atoms with Crippen molar-refractivity contribution in [3.05, 3.63) is 34.5 Å². The largest absolute Gasteiger partial charge is 0.491 e. The zero-order chi connectivity index (χ0) is 14.8. The number of halogens is 1. The minimum atomic E-state index is -0.457. The Labute approximate surface area is 121 Å². The number of ether oxygens (including phenoxy) is 1. The average Bonchev–Trinajstić information content (AvgIpc) is 2.89. The maximum Gasteiger partial charge on any atom is 0.167 e. The Bertz CT molecular complexity index is 584. The first-order valence-corrected chi connectivity index (χ1v) is 7.22. The topological polar surface area (TPSA) is 60.2 Å². The Morgan fingerprint density at radius 1 is 1.45 bits per heavy atom. The van der Waals surface area contributed by atoms with Crippen molar-refractivity contribution in [2.24, 2.45) is 0 Å². The lowest BCUT2D eigenvalue weighted by Crippen LogP contribution is -2.28. The van der Waals surface area contributed by atoms with Gasteiger partial charge in [0.1, 0.15) is 5.01 Å². The Morgan fingerprint density at radius 2 is 2.20 bits per heavy atom. The van der Waals surface area contributed by atoms with Crippen molar-refractivity contribution in [3.8, 4) is 5.75 Å². The summed E-state index contributed by atoms with van der Waals surface area (Å²) in [6, 6.07) is 2.86. The molecule has 0 saturated heterocycles. The molecule has 3 N–H and O–H groups in total. The van der Waals surface area contributed by atoms with Crippen LogP contribution in [0, 0.1) is 5.82 Å². The molecule has 0 atom stereocenters. The van der Waals surface area contributed by atoms with Gasteiger partial charge in [0.05, 0.1) is 23.5 Å². The average molecular weight is 295 g/mol. The van der Waals surface area contributed by atoms with E-state index >= 15 is 0 Å². The summed E-state index contributed by atoms with van der Waals surface area (Å²) in [6.45, 7) is 6.20. The number of thiazole rings is 1. The van der Waals surface area contributed by atoms with Crippen LogP contribution in [-0.4, -0.2) is 11.6 Å². The summed E-state index contributed by atoms with van der Waals surface area (Å²) in [5.41, 5.74) is 6.45. The first-order chi connectivity index (χ1) is 9.44. The van der Waals surface area contributed by atoms with E-state index in [0.29, 0.717) is 18.0 Å². The molecule has 0 radical (unpaired) electrons. The minimum Gasteiger partial charge on any atom is -0.491 e. The summed E-state index contributed by atoms with van der Waals surface area (Å²) in [5.74, 6) is -0.263. The lowest BCUT2D eigenvalue weighted by Gasteiger charge is -2.26. The summed E-state index contributed by atoms with van der Waals surface area (Å²) in [7, 11) is 0. The molecule has 2 rings (SSSR count). The third-order valence-corrected chi connectivity index (χ3v) is 3.91.